The first-order chi connectivity index (χ1) is 9.59. The number of hydrogen-bond acceptors (Lipinski definition) is 2. The predicted octanol–water partition coefficient (Wildman–Crippen LogP) is 3.46. The van der Waals surface area contributed by atoms with Gasteiger partial charge in [0.2, 0.25) is 0 Å². The van der Waals surface area contributed by atoms with Crippen LogP contribution in [0.3, 0.4) is 0 Å². The number of hydrogen-bond donors (Lipinski definition) is 0. The zero-order valence-corrected chi connectivity index (χ0v) is 8.86. The van der Waals surface area contributed by atoms with E-state index in [9.17, 15) is 4.79 Å². The van der Waals surface area contributed by atoms with E-state index in [2.05, 4.69) is 0 Å². The van der Waals surface area contributed by atoms with Crippen LogP contribution in [0, 0.1) is 0 Å². The molecule has 2 heteroatoms. The third kappa shape index (κ3) is 1.74. The van der Waals surface area contributed by atoms with Crippen molar-refractivity contribution in [2.45, 2.75) is 0 Å². The summed E-state index contributed by atoms with van der Waals surface area (Å²) in [6, 6.07) is 11.3. The van der Waals surface area contributed by atoms with Crippen LogP contribution in [0.2, 0.25) is 0 Å². The van der Waals surface area contributed by atoms with Crippen LogP contribution in [-0.2, 0) is 0 Å². The summed E-state index contributed by atoms with van der Waals surface area (Å²) in [5.74, 6) is 0.181. The molecule has 1 heterocycles. The van der Waals surface area contributed by atoms with Gasteiger partial charge in [0, 0.05) is 11.6 Å². The first-order valence-electron chi connectivity index (χ1n) is 6.68. The van der Waals surface area contributed by atoms with Crippen molar-refractivity contribution in [3.8, 4) is 11.3 Å². The summed E-state index contributed by atoms with van der Waals surface area (Å²) in [6.07, 6.45) is 0. The molecule has 0 bridgehead atoms. The molecule has 1 aromatic heterocycles. The number of benzene rings is 2. The first-order valence-corrected chi connectivity index (χ1v) is 5.18. The minimum Gasteiger partial charge on any atom is -0.456 e. The zero-order chi connectivity index (χ0) is 14.3. The van der Waals surface area contributed by atoms with Crippen molar-refractivity contribution in [3.63, 3.8) is 0 Å². The van der Waals surface area contributed by atoms with Gasteiger partial charge in [-0.25, -0.2) is 0 Å². The van der Waals surface area contributed by atoms with Crippen molar-refractivity contribution in [1.82, 2.24) is 0 Å². The van der Waals surface area contributed by atoms with Crippen LogP contribution < -0.4 is 5.43 Å². The van der Waals surface area contributed by atoms with Gasteiger partial charge in [-0.2, -0.15) is 0 Å². The largest absolute Gasteiger partial charge is 0.456 e. The van der Waals surface area contributed by atoms with E-state index in [1.165, 1.54) is 12.1 Å². The SMILES string of the molecule is [2H]c1ccc2oc(-c3ccccc3)c([2H])c(=O)c2c1[2H]. The van der Waals surface area contributed by atoms with Crippen molar-refractivity contribution >= 4 is 11.0 Å². The highest BCUT2D eigenvalue weighted by Gasteiger charge is 2.05. The van der Waals surface area contributed by atoms with Crippen molar-refractivity contribution < 1.29 is 8.53 Å². The Morgan fingerprint density at radius 2 is 1.88 bits per heavy atom. The van der Waals surface area contributed by atoms with Crippen molar-refractivity contribution in [2.24, 2.45) is 0 Å². The molecule has 0 atom stereocenters. The fourth-order valence-corrected chi connectivity index (χ4v) is 1.65. The minimum atomic E-state index is -0.579. The third-order valence-corrected chi connectivity index (χ3v) is 2.46. The lowest BCUT2D eigenvalue weighted by Gasteiger charge is -2.02. The fraction of sp³-hybridized carbons (Fsp3) is 0. The molecule has 0 N–H and O–H groups in total. The van der Waals surface area contributed by atoms with Gasteiger partial charge in [0.05, 0.1) is 9.50 Å². The van der Waals surface area contributed by atoms with Crippen LogP contribution in [0.4, 0.5) is 0 Å². The van der Waals surface area contributed by atoms with E-state index >= 15 is 0 Å². The number of rotatable bonds is 1. The standard InChI is InChI=1S/C15H10O2/c16-13-10-15(11-6-2-1-3-7-11)17-14-9-5-4-8-12(13)14/h1-10H/i4D,8D,10D. The number of fused-ring (bicyclic) bond motifs is 1. The average Bonchev–Trinajstić information content (AvgIpc) is 2.47. The van der Waals surface area contributed by atoms with E-state index in [0.717, 1.165) is 0 Å². The quantitative estimate of drug-likeness (QED) is 0.634. The molecule has 3 aromatic rings. The lowest BCUT2D eigenvalue weighted by atomic mass is 10.1. The maximum Gasteiger partial charge on any atom is 0.193 e. The van der Waals surface area contributed by atoms with Crippen molar-refractivity contribution in [1.29, 1.82) is 0 Å². The van der Waals surface area contributed by atoms with E-state index in [1.54, 1.807) is 24.3 Å². The molecule has 2 aromatic carbocycles. The smallest absolute Gasteiger partial charge is 0.193 e. The van der Waals surface area contributed by atoms with Gasteiger partial charge < -0.3 is 4.42 Å². The van der Waals surface area contributed by atoms with E-state index in [-0.39, 0.29) is 34.9 Å². The van der Waals surface area contributed by atoms with Gasteiger partial charge in [0.1, 0.15) is 11.3 Å². The second-order valence-electron chi connectivity index (χ2n) is 3.59. The van der Waals surface area contributed by atoms with Crippen molar-refractivity contribution in [3.05, 3.63) is 70.8 Å². The summed E-state index contributed by atoms with van der Waals surface area (Å²) in [6.45, 7) is 0. The Balaban J connectivity index is 2.42. The fourth-order valence-electron chi connectivity index (χ4n) is 1.65. The summed E-state index contributed by atoms with van der Waals surface area (Å²) in [4.78, 5) is 12.2. The zero-order valence-electron chi connectivity index (χ0n) is 11.9. The third-order valence-electron chi connectivity index (χ3n) is 2.46. The maximum absolute atomic E-state index is 12.2. The summed E-state index contributed by atoms with van der Waals surface area (Å²) >= 11 is 0. The van der Waals surface area contributed by atoms with Crippen LogP contribution in [0.15, 0.2) is 69.8 Å². The van der Waals surface area contributed by atoms with Gasteiger partial charge >= 0.3 is 0 Å². The Bertz CT molecular complexity index is 854. The Morgan fingerprint density at radius 1 is 1.06 bits per heavy atom. The summed E-state index contributed by atoms with van der Waals surface area (Å²) < 4.78 is 28.9. The monoisotopic (exact) mass is 225 g/mol. The minimum absolute atomic E-state index is 0.0119. The Kier molecular flexibility index (Phi) is 1.62. The Morgan fingerprint density at radius 3 is 2.71 bits per heavy atom. The molecular formula is C15H10O2. The Hall–Kier alpha value is -2.35. The lowest BCUT2D eigenvalue weighted by molar-refractivity contribution is 0.619. The topological polar surface area (TPSA) is 30.2 Å². The molecule has 0 aliphatic carbocycles. The first kappa shape index (κ1) is 7.07. The van der Waals surface area contributed by atoms with Crippen LogP contribution in [0.5, 0.6) is 0 Å². The molecule has 0 aliphatic rings. The molecule has 82 valence electrons. The normalized spacial score (nSPS) is 13.1. The molecule has 2 nitrogen and oxygen atoms in total. The summed E-state index contributed by atoms with van der Waals surface area (Å²) in [5.41, 5.74) is 0.285. The second-order valence-corrected chi connectivity index (χ2v) is 3.59. The second kappa shape index (κ2) is 3.91. The Labute approximate surface area is 102 Å². The molecule has 0 amide bonds. The van der Waals surface area contributed by atoms with E-state index in [4.69, 9.17) is 8.53 Å². The van der Waals surface area contributed by atoms with E-state index in [0.29, 0.717) is 5.56 Å². The molecule has 0 saturated heterocycles. The molecular weight excluding hydrogens is 212 g/mol. The maximum atomic E-state index is 12.2. The van der Waals surface area contributed by atoms with Crippen molar-refractivity contribution in [2.75, 3.05) is 0 Å². The molecule has 0 aliphatic heterocycles. The summed E-state index contributed by atoms with van der Waals surface area (Å²) in [5, 5.41) is -0.0119. The molecule has 3 rings (SSSR count). The van der Waals surface area contributed by atoms with Crippen LogP contribution >= 0.6 is 0 Å². The summed E-state index contributed by atoms with van der Waals surface area (Å²) in [7, 11) is 0. The molecule has 0 spiro atoms. The molecule has 17 heavy (non-hydrogen) atoms. The molecule has 0 fully saturated rings. The highest BCUT2D eigenvalue weighted by molar-refractivity contribution is 5.78. The van der Waals surface area contributed by atoms with E-state index in [1.807, 2.05) is 6.07 Å². The highest BCUT2D eigenvalue weighted by atomic mass is 16.3. The highest BCUT2D eigenvalue weighted by Crippen LogP contribution is 2.21. The van der Waals surface area contributed by atoms with E-state index < -0.39 is 5.43 Å². The van der Waals surface area contributed by atoms with Gasteiger partial charge in [0.25, 0.3) is 0 Å². The van der Waals surface area contributed by atoms with Gasteiger partial charge in [-0.15, -0.1) is 0 Å². The van der Waals surface area contributed by atoms with Gasteiger partial charge in [0.15, 0.2) is 5.43 Å². The number of para-hydroxylation sites is 1. The van der Waals surface area contributed by atoms with Crippen LogP contribution in [-0.4, -0.2) is 0 Å². The molecule has 0 radical (unpaired) electrons. The van der Waals surface area contributed by atoms with Gasteiger partial charge in [-0.05, 0) is 12.1 Å². The lowest BCUT2D eigenvalue weighted by Crippen LogP contribution is -1.99. The predicted molar refractivity (Wildman–Crippen MR) is 67.9 cm³/mol. The molecule has 0 unspecified atom stereocenters. The molecule has 0 saturated carbocycles. The van der Waals surface area contributed by atoms with Gasteiger partial charge in [-0.3, -0.25) is 4.79 Å². The van der Waals surface area contributed by atoms with Gasteiger partial charge in [-0.1, -0.05) is 42.4 Å². The van der Waals surface area contributed by atoms with Crippen LogP contribution in [0.25, 0.3) is 22.3 Å². The average molecular weight is 225 g/mol. The van der Waals surface area contributed by atoms with Crippen LogP contribution in [0.1, 0.15) is 4.11 Å².